The Kier molecular flexibility index (Phi) is 5.23. The molecule has 0 spiro atoms. The van der Waals surface area contributed by atoms with Crippen molar-refractivity contribution in [2.75, 3.05) is 0 Å². The minimum atomic E-state index is -0.498. The molecule has 3 aromatic carbocycles. The summed E-state index contributed by atoms with van der Waals surface area (Å²) in [6.07, 6.45) is 0. The van der Waals surface area contributed by atoms with Crippen molar-refractivity contribution in [1.29, 1.82) is 0 Å². The van der Waals surface area contributed by atoms with Crippen molar-refractivity contribution < 1.29 is 4.92 Å². The number of nitro groups is 1. The standard InChI is InChI=1S/C21H14ClN5O3/c22-15-6-8-16(9-7-15)23-24-20-19(14-4-2-1-3-5-14)25-26(21(20)28)17-10-12-18(13-11-17)27(29)30/h1-13,25H. The molecular formula is C21H14ClN5O3. The Hall–Kier alpha value is -4.04. The third-order valence-corrected chi connectivity index (χ3v) is 4.59. The van der Waals surface area contributed by atoms with Crippen molar-refractivity contribution in [2.24, 2.45) is 10.2 Å². The van der Waals surface area contributed by atoms with Gasteiger partial charge in [0.15, 0.2) is 5.69 Å². The molecule has 4 rings (SSSR count). The highest BCUT2D eigenvalue weighted by Gasteiger charge is 2.17. The number of rotatable bonds is 5. The lowest BCUT2D eigenvalue weighted by Crippen LogP contribution is -2.13. The van der Waals surface area contributed by atoms with E-state index in [1.807, 2.05) is 30.3 Å². The highest BCUT2D eigenvalue weighted by molar-refractivity contribution is 6.30. The summed E-state index contributed by atoms with van der Waals surface area (Å²) in [7, 11) is 0. The fraction of sp³-hybridized carbons (Fsp3) is 0. The summed E-state index contributed by atoms with van der Waals surface area (Å²) in [5.74, 6) is 0. The molecule has 0 saturated heterocycles. The number of non-ortho nitro benzene ring substituents is 1. The van der Waals surface area contributed by atoms with Crippen LogP contribution in [0.2, 0.25) is 5.02 Å². The monoisotopic (exact) mass is 419 g/mol. The predicted octanol–water partition coefficient (Wildman–Crippen LogP) is 5.81. The summed E-state index contributed by atoms with van der Waals surface area (Å²) in [5, 5.41) is 22.8. The lowest BCUT2D eigenvalue weighted by Gasteiger charge is -2.01. The van der Waals surface area contributed by atoms with Crippen LogP contribution in [0.5, 0.6) is 0 Å². The van der Waals surface area contributed by atoms with Crippen LogP contribution >= 0.6 is 11.6 Å². The van der Waals surface area contributed by atoms with Crippen LogP contribution in [-0.2, 0) is 0 Å². The Bertz CT molecular complexity index is 1280. The highest BCUT2D eigenvalue weighted by atomic mass is 35.5. The molecule has 0 fully saturated rings. The van der Waals surface area contributed by atoms with Gasteiger partial charge in [0, 0.05) is 22.7 Å². The van der Waals surface area contributed by atoms with E-state index in [2.05, 4.69) is 15.3 Å². The van der Waals surface area contributed by atoms with E-state index in [0.717, 1.165) is 5.56 Å². The Morgan fingerprint density at radius 3 is 2.20 bits per heavy atom. The van der Waals surface area contributed by atoms with E-state index in [1.165, 1.54) is 28.9 Å². The van der Waals surface area contributed by atoms with Gasteiger partial charge in [-0.05, 0) is 36.4 Å². The first-order valence-electron chi connectivity index (χ1n) is 8.85. The minimum absolute atomic E-state index is 0.0655. The van der Waals surface area contributed by atoms with Crippen LogP contribution in [0.3, 0.4) is 0 Å². The zero-order valence-corrected chi connectivity index (χ0v) is 16.2. The smallest absolute Gasteiger partial charge is 0.288 e. The Labute approximate surface area is 175 Å². The summed E-state index contributed by atoms with van der Waals surface area (Å²) in [6, 6.07) is 21.6. The summed E-state index contributed by atoms with van der Waals surface area (Å²) in [5.41, 5.74) is 1.84. The van der Waals surface area contributed by atoms with Crippen LogP contribution in [0, 0.1) is 10.1 Å². The lowest BCUT2D eigenvalue weighted by molar-refractivity contribution is -0.384. The number of aromatic nitrogens is 2. The first kappa shape index (κ1) is 19.3. The van der Waals surface area contributed by atoms with Crippen molar-refractivity contribution in [2.45, 2.75) is 0 Å². The van der Waals surface area contributed by atoms with Gasteiger partial charge in [0.05, 0.1) is 22.0 Å². The van der Waals surface area contributed by atoms with Gasteiger partial charge in [-0.2, -0.15) is 5.11 Å². The van der Waals surface area contributed by atoms with Crippen molar-refractivity contribution in [3.05, 3.63) is 104 Å². The molecule has 4 aromatic rings. The summed E-state index contributed by atoms with van der Waals surface area (Å²) in [6.45, 7) is 0. The van der Waals surface area contributed by atoms with E-state index in [9.17, 15) is 14.9 Å². The molecule has 8 nitrogen and oxygen atoms in total. The number of nitro benzene ring substituents is 1. The average molecular weight is 420 g/mol. The predicted molar refractivity (Wildman–Crippen MR) is 114 cm³/mol. The van der Waals surface area contributed by atoms with Crippen LogP contribution in [-0.4, -0.2) is 14.7 Å². The maximum absolute atomic E-state index is 13.1. The summed E-state index contributed by atoms with van der Waals surface area (Å²) < 4.78 is 1.28. The number of hydrogen-bond acceptors (Lipinski definition) is 5. The molecule has 0 unspecified atom stereocenters. The first-order valence-corrected chi connectivity index (χ1v) is 9.23. The Morgan fingerprint density at radius 1 is 0.900 bits per heavy atom. The maximum atomic E-state index is 13.1. The summed E-state index contributed by atoms with van der Waals surface area (Å²) in [4.78, 5) is 23.5. The van der Waals surface area contributed by atoms with Gasteiger partial charge in [-0.15, -0.1) is 5.11 Å². The molecule has 30 heavy (non-hydrogen) atoms. The molecular weight excluding hydrogens is 406 g/mol. The molecule has 0 bridgehead atoms. The SMILES string of the molecule is O=c1c(N=Nc2ccc(Cl)cc2)c(-c2ccccc2)[nH]n1-c1ccc([N+](=O)[O-])cc1. The van der Waals surface area contributed by atoms with E-state index < -0.39 is 10.5 Å². The van der Waals surface area contributed by atoms with E-state index in [0.29, 0.717) is 22.1 Å². The molecule has 0 atom stereocenters. The Balaban J connectivity index is 1.82. The second kappa shape index (κ2) is 8.14. The molecule has 0 aliphatic rings. The fourth-order valence-electron chi connectivity index (χ4n) is 2.85. The van der Waals surface area contributed by atoms with Gasteiger partial charge in [-0.25, -0.2) is 4.68 Å². The van der Waals surface area contributed by atoms with Gasteiger partial charge < -0.3 is 0 Å². The van der Waals surface area contributed by atoms with Crippen LogP contribution in [0.15, 0.2) is 93.9 Å². The van der Waals surface area contributed by atoms with Gasteiger partial charge >= 0.3 is 0 Å². The van der Waals surface area contributed by atoms with Crippen LogP contribution in [0.4, 0.5) is 17.1 Å². The fourth-order valence-corrected chi connectivity index (χ4v) is 2.97. The van der Waals surface area contributed by atoms with Crippen LogP contribution < -0.4 is 5.56 Å². The van der Waals surface area contributed by atoms with Gasteiger partial charge in [-0.1, -0.05) is 41.9 Å². The molecule has 1 aromatic heterocycles. The van der Waals surface area contributed by atoms with Gasteiger partial charge in [0.1, 0.15) is 0 Å². The van der Waals surface area contributed by atoms with Crippen molar-refractivity contribution >= 4 is 28.7 Å². The molecule has 0 aliphatic carbocycles. The molecule has 9 heteroatoms. The zero-order valence-electron chi connectivity index (χ0n) is 15.4. The van der Waals surface area contributed by atoms with E-state index in [1.54, 1.807) is 24.3 Å². The molecule has 0 aliphatic heterocycles. The number of nitrogens with one attached hydrogen (secondary N) is 1. The van der Waals surface area contributed by atoms with Crippen molar-refractivity contribution in [3.8, 4) is 16.9 Å². The number of hydrogen-bond donors (Lipinski definition) is 1. The number of azo groups is 1. The average Bonchev–Trinajstić information content (AvgIpc) is 3.10. The van der Waals surface area contributed by atoms with Gasteiger partial charge in [-0.3, -0.25) is 20.0 Å². The van der Waals surface area contributed by atoms with Crippen molar-refractivity contribution in [3.63, 3.8) is 0 Å². The molecule has 148 valence electrons. The van der Waals surface area contributed by atoms with E-state index in [4.69, 9.17) is 11.6 Å². The molecule has 1 heterocycles. The zero-order chi connectivity index (χ0) is 21.1. The second-order valence-electron chi connectivity index (χ2n) is 6.29. The number of H-pyrrole nitrogens is 1. The Morgan fingerprint density at radius 2 is 1.57 bits per heavy atom. The van der Waals surface area contributed by atoms with Gasteiger partial charge in [0.2, 0.25) is 0 Å². The molecule has 0 amide bonds. The number of benzene rings is 3. The largest absolute Gasteiger partial charge is 0.299 e. The number of nitrogens with zero attached hydrogens (tertiary/aromatic N) is 4. The third kappa shape index (κ3) is 3.89. The van der Waals surface area contributed by atoms with Crippen LogP contribution in [0.1, 0.15) is 0 Å². The second-order valence-corrected chi connectivity index (χ2v) is 6.73. The minimum Gasteiger partial charge on any atom is -0.288 e. The lowest BCUT2D eigenvalue weighted by atomic mass is 10.1. The van der Waals surface area contributed by atoms with Crippen molar-refractivity contribution in [1.82, 2.24) is 9.78 Å². The summed E-state index contributed by atoms with van der Waals surface area (Å²) >= 11 is 5.89. The van der Waals surface area contributed by atoms with Crippen LogP contribution in [0.25, 0.3) is 16.9 Å². The maximum Gasteiger partial charge on any atom is 0.299 e. The van der Waals surface area contributed by atoms with E-state index >= 15 is 0 Å². The van der Waals surface area contributed by atoms with Gasteiger partial charge in [0.25, 0.3) is 11.2 Å². The normalized spacial score (nSPS) is 11.1. The molecule has 1 N–H and O–H groups in total. The molecule has 0 radical (unpaired) electrons. The topological polar surface area (TPSA) is 106 Å². The first-order chi connectivity index (χ1) is 14.5. The third-order valence-electron chi connectivity index (χ3n) is 4.34. The molecule has 0 saturated carbocycles. The quantitative estimate of drug-likeness (QED) is 0.250. The van der Waals surface area contributed by atoms with E-state index in [-0.39, 0.29) is 11.4 Å². The number of halogens is 1. The highest BCUT2D eigenvalue weighted by Crippen LogP contribution is 2.28. The number of aromatic amines is 1.